The fourth-order valence-corrected chi connectivity index (χ4v) is 3.78. The number of aryl methyl sites for hydroxylation is 1. The number of tetrazole rings is 1. The first-order valence-electron chi connectivity index (χ1n) is 9.69. The van der Waals surface area contributed by atoms with Crippen molar-refractivity contribution in [2.24, 2.45) is 0 Å². The Morgan fingerprint density at radius 3 is 2.37 bits per heavy atom. The molecular formula is C23H21N5OS. The van der Waals surface area contributed by atoms with E-state index in [2.05, 4.69) is 39.9 Å². The van der Waals surface area contributed by atoms with Crippen molar-refractivity contribution in [3.8, 4) is 5.69 Å². The van der Waals surface area contributed by atoms with E-state index in [0.29, 0.717) is 10.7 Å². The number of carbonyl (C=O) groups excluding carboxylic acids is 1. The number of aromatic nitrogens is 4. The molecule has 150 valence electrons. The third-order valence-electron chi connectivity index (χ3n) is 4.65. The molecule has 0 spiro atoms. The molecule has 0 atom stereocenters. The Kier molecular flexibility index (Phi) is 6.20. The van der Waals surface area contributed by atoms with Crippen molar-refractivity contribution >= 4 is 23.4 Å². The maximum absolute atomic E-state index is 12.5. The van der Waals surface area contributed by atoms with Gasteiger partial charge in [0, 0.05) is 17.0 Å². The molecule has 0 aliphatic rings. The van der Waals surface area contributed by atoms with Gasteiger partial charge in [0.15, 0.2) is 0 Å². The van der Waals surface area contributed by atoms with E-state index < -0.39 is 0 Å². The minimum Gasteiger partial charge on any atom is -0.322 e. The lowest BCUT2D eigenvalue weighted by Gasteiger charge is -2.08. The van der Waals surface area contributed by atoms with Gasteiger partial charge in [0.1, 0.15) is 0 Å². The summed E-state index contributed by atoms with van der Waals surface area (Å²) >= 11 is 1.56. The van der Waals surface area contributed by atoms with Gasteiger partial charge in [0.2, 0.25) is 5.16 Å². The summed E-state index contributed by atoms with van der Waals surface area (Å²) in [6.45, 7) is 2.10. The van der Waals surface area contributed by atoms with Crippen LogP contribution in [-0.2, 0) is 12.2 Å². The molecule has 7 heteroatoms. The molecule has 4 aromatic rings. The minimum atomic E-state index is -0.152. The van der Waals surface area contributed by atoms with Crippen LogP contribution in [0.25, 0.3) is 5.69 Å². The molecule has 0 bridgehead atoms. The first-order chi connectivity index (χ1) is 14.7. The topological polar surface area (TPSA) is 72.7 Å². The predicted octanol–water partition coefficient (Wildman–Crippen LogP) is 4.77. The van der Waals surface area contributed by atoms with E-state index >= 15 is 0 Å². The number of thioether (sulfide) groups is 1. The van der Waals surface area contributed by atoms with Gasteiger partial charge in [0.05, 0.1) is 5.69 Å². The second kappa shape index (κ2) is 9.37. The van der Waals surface area contributed by atoms with Crippen LogP contribution in [0.4, 0.5) is 5.69 Å². The van der Waals surface area contributed by atoms with Crippen LogP contribution in [0.2, 0.25) is 0 Å². The summed E-state index contributed by atoms with van der Waals surface area (Å²) in [6.07, 6.45) is 0.971. The molecule has 0 saturated carbocycles. The summed E-state index contributed by atoms with van der Waals surface area (Å²) in [5.41, 5.74) is 4.60. The van der Waals surface area contributed by atoms with Crippen LogP contribution < -0.4 is 5.32 Å². The number of nitrogens with one attached hydrogen (secondary N) is 1. The Morgan fingerprint density at radius 2 is 1.67 bits per heavy atom. The molecule has 1 N–H and O–H groups in total. The molecule has 4 rings (SSSR count). The predicted molar refractivity (Wildman–Crippen MR) is 119 cm³/mol. The standard InChI is InChI=1S/C23H21N5OS/c1-2-17-8-12-20(13-9-17)24-22(29)19-10-14-21(15-11-19)28-23(25-26-27-28)30-16-18-6-4-3-5-7-18/h3-15H,2,16H2,1H3,(H,24,29). The summed E-state index contributed by atoms with van der Waals surface area (Å²) in [4.78, 5) is 12.5. The van der Waals surface area contributed by atoms with Gasteiger partial charge in [-0.15, -0.1) is 5.10 Å². The molecule has 0 radical (unpaired) electrons. The van der Waals surface area contributed by atoms with Crippen LogP contribution in [0.1, 0.15) is 28.4 Å². The highest BCUT2D eigenvalue weighted by atomic mass is 32.2. The van der Waals surface area contributed by atoms with Crippen LogP contribution in [0.3, 0.4) is 0 Å². The van der Waals surface area contributed by atoms with E-state index in [1.807, 2.05) is 54.6 Å². The Hall–Kier alpha value is -3.45. The Balaban J connectivity index is 1.43. The van der Waals surface area contributed by atoms with Crippen molar-refractivity contribution in [2.45, 2.75) is 24.3 Å². The van der Waals surface area contributed by atoms with Crippen molar-refractivity contribution in [3.63, 3.8) is 0 Å². The van der Waals surface area contributed by atoms with Gasteiger partial charge in [-0.3, -0.25) is 4.79 Å². The smallest absolute Gasteiger partial charge is 0.255 e. The molecule has 0 saturated heterocycles. The number of amides is 1. The highest BCUT2D eigenvalue weighted by Crippen LogP contribution is 2.22. The second-order valence-electron chi connectivity index (χ2n) is 6.70. The molecule has 30 heavy (non-hydrogen) atoms. The largest absolute Gasteiger partial charge is 0.322 e. The zero-order chi connectivity index (χ0) is 20.8. The van der Waals surface area contributed by atoms with E-state index in [1.54, 1.807) is 28.6 Å². The molecular weight excluding hydrogens is 394 g/mol. The summed E-state index contributed by atoms with van der Waals surface area (Å²) < 4.78 is 1.68. The molecule has 0 aliphatic heterocycles. The second-order valence-corrected chi connectivity index (χ2v) is 7.64. The molecule has 0 unspecified atom stereocenters. The fourth-order valence-electron chi connectivity index (χ4n) is 2.93. The zero-order valence-corrected chi connectivity index (χ0v) is 17.3. The number of anilines is 1. The summed E-state index contributed by atoms with van der Waals surface area (Å²) in [6, 6.07) is 25.3. The van der Waals surface area contributed by atoms with Crippen molar-refractivity contribution < 1.29 is 4.79 Å². The molecule has 3 aromatic carbocycles. The minimum absolute atomic E-state index is 0.152. The van der Waals surface area contributed by atoms with Gasteiger partial charge < -0.3 is 5.32 Å². The van der Waals surface area contributed by atoms with Crippen LogP contribution in [0.15, 0.2) is 84.0 Å². The van der Waals surface area contributed by atoms with Crippen molar-refractivity contribution in [3.05, 3.63) is 95.6 Å². The fraction of sp³-hybridized carbons (Fsp3) is 0.130. The van der Waals surface area contributed by atoms with Gasteiger partial charge in [0.25, 0.3) is 5.91 Å². The highest BCUT2D eigenvalue weighted by molar-refractivity contribution is 7.98. The summed E-state index contributed by atoms with van der Waals surface area (Å²) in [5.74, 6) is 0.625. The summed E-state index contributed by atoms with van der Waals surface area (Å²) in [5, 5.41) is 15.6. The van der Waals surface area contributed by atoms with E-state index in [-0.39, 0.29) is 5.91 Å². The quantitative estimate of drug-likeness (QED) is 0.440. The van der Waals surface area contributed by atoms with E-state index in [9.17, 15) is 4.79 Å². The normalized spacial score (nSPS) is 10.7. The lowest BCUT2D eigenvalue weighted by Crippen LogP contribution is -2.12. The number of hydrogen-bond donors (Lipinski definition) is 1. The molecule has 1 heterocycles. The SMILES string of the molecule is CCc1ccc(NC(=O)c2ccc(-n3nnnc3SCc3ccccc3)cc2)cc1. The first kappa shape index (κ1) is 19.8. The summed E-state index contributed by atoms with van der Waals surface area (Å²) in [7, 11) is 0. The van der Waals surface area contributed by atoms with E-state index in [1.165, 1.54) is 11.1 Å². The van der Waals surface area contributed by atoms with E-state index in [4.69, 9.17) is 0 Å². The number of hydrogen-bond acceptors (Lipinski definition) is 5. The maximum atomic E-state index is 12.5. The van der Waals surface area contributed by atoms with Crippen molar-refractivity contribution in [1.29, 1.82) is 0 Å². The average molecular weight is 416 g/mol. The monoisotopic (exact) mass is 415 g/mol. The van der Waals surface area contributed by atoms with Gasteiger partial charge >= 0.3 is 0 Å². The average Bonchev–Trinajstić information content (AvgIpc) is 3.27. The first-order valence-corrected chi connectivity index (χ1v) is 10.7. The third kappa shape index (κ3) is 4.75. The lowest BCUT2D eigenvalue weighted by atomic mass is 10.1. The molecule has 1 amide bonds. The van der Waals surface area contributed by atoms with Crippen LogP contribution in [-0.4, -0.2) is 26.1 Å². The number of carbonyl (C=O) groups is 1. The van der Waals surface area contributed by atoms with Crippen LogP contribution in [0, 0.1) is 0 Å². The van der Waals surface area contributed by atoms with Crippen LogP contribution in [0.5, 0.6) is 0 Å². The Bertz CT molecular complexity index is 1110. The molecule has 1 aromatic heterocycles. The molecule has 0 aliphatic carbocycles. The number of rotatable bonds is 7. The zero-order valence-electron chi connectivity index (χ0n) is 16.5. The maximum Gasteiger partial charge on any atom is 0.255 e. The molecule has 6 nitrogen and oxygen atoms in total. The Morgan fingerprint density at radius 1 is 0.933 bits per heavy atom. The van der Waals surface area contributed by atoms with Crippen molar-refractivity contribution in [2.75, 3.05) is 5.32 Å². The molecule has 0 fully saturated rings. The van der Waals surface area contributed by atoms with Gasteiger partial charge in [-0.05, 0) is 64.4 Å². The number of benzene rings is 3. The van der Waals surface area contributed by atoms with E-state index in [0.717, 1.165) is 23.5 Å². The van der Waals surface area contributed by atoms with Gasteiger partial charge in [-0.1, -0.05) is 61.2 Å². The van der Waals surface area contributed by atoms with Crippen molar-refractivity contribution in [1.82, 2.24) is 20.2 Å². The van der Waals surface area contributed by atoms with Gasteiger partial charge in [-0.2, -0.15) is 4.68 Å². The number of nitrogens with zero attached hydrogens (tertiary/aromatic N) is 4. The van der Waals surface area contributed by atoms with Gasteiger partial charge in [-0.25, -0.2) is 0 Å². The highest BCUT2D eigenvalue weighted by Gasteiger charge is 2.11. The van der Waals surface area contributed by atoms with Crippen LogP contribution >= 0.6 is 11.8 Å². The Labute approximate surface area is 179 Å². The lowest BCUT2D eigenvalue weighted by molar-refractivity contribution is 0.102. The third-order valence-corrected chi connectivity index (χ3v) is 5.64.